The van der Waals surface area contributed by atoms with Crippen LogP contribution in [0.5, 0.6) is 5.75 Å². The predicted molar refractivity (Wildman–Crippen MR) is 53.5 cm³/mol. The fourth-order valence-corrected chi connectivity index (χ4v) is 2.36. The van der Waals surface area contributed by atoms with Gasteiger partial charge in [0.25, 0.3) is 0 Å². The SMILES string of the molecule is CC(=O)c1c(Br)ccc(O)c1Br. The van der Waals surface area contributed by atoms with Crippen LogP contribution in [-0.2, 0) is 0 Å². The van der Waals surface area contributed by atoms with E-state index in [9.17, 15) is 9.90 Å². The molecule has 0 aliphatic rings. The summed E-state index contributed by atoms with van der Waals surface area (Å²) in [5, 5.41) is 9.25. The average molecular weight is 294 g/mol. The number of phenolic OH excluding ortho intramolecular Hbond substituents is 1. The van der Waals surface area contributed by atoms with E-state index in [0.29, 0.717) is 14.5 Å². The van der Waals surface area contributed by atoms with Crippen molar-refractivity contribution >= 4 is 37.6 Å². The molecule has 64 valence electrons. The Morgan fingerprint density at radius 2 is 2.00 bits per heavy atom. The van der Waals surface area contributed by atoms with Gasteiger partial charge in [-0.2, -0.15) is 0 Å². The summed E-state index contributed by atoms with van der Waals surface area (Å²) in [4.78, 5) is 11.1. The second-order valence-corrected chi connectivity index (χ2v) is 3.96. The number of phenols is 1. The number of rotatable bonds is 1. The molecule has 2 nitrogen and oxygen atoms in total. The molecule has 0 unspecified atom stereocenters. The molecule has 0 bridgehead atoms. The van der Waals surface area contributed by atoms with E-state index in [-0.39, 0.29) is 11.5 Å². The van der Waals surface area contributed by atoms with Crippen LogP contribution in [0.25, 0.3) is 0 Å². The lowest BCUT2D eigenvalue weighted by molar-refractivity contribution is 0.101. The van der Waals surface area contributed by atoms with Crippen molar-refractivity contribution in [1.29, 1.82) is 0 Å². The molecule has 0 saturated carbocycles. The van der Waals surface area contributed by atoms with Crippen molar-refractivity contribution in [2.75, 3.05) is 0 Å². The number of carbonyl (C=O) groups is 1. The Morgan fingerprint density at radius 3 is 2.42 bits per heavy atom. The molecule has 1 rings (SSSR count). The molecule has 0 fully saturated rings. The van der Waals surface area contributed by atoms with Crippen LogP contribution in [0, 0.1) is 0 Å². The van der Waals surface area contributed by atoms with E-state index in [1.165, 1.54) is 13.0 Å². The number of carbonyl (C=O) groups excluding carboxylic acids is 1. The van der Waals surface area contributed by atoms with Gasteiger partial charge in [0, 0.05) is 10.0 Å². The molecule has 0 amide bonds. The number of Topliss-reactive ketones (excluding diaryl/α,β-unsaturated/α-hetero) is 1. The minimum atomic E-state index is -0.0929. The lowest BCUT2D eigenvalue weighted by Crippen LogP contribution is -1.95. The number of halogens is 2. The highest BCUT2D eigenvalue weighted by molar-refractivity contribution is 9.11. The van der Waals surface area contributed by atoms with E-state index in [4.69, 9.17) is 0 Å². The topological polar surface area (TPSA) is 37.3 Å². The zero-order valence-corrected chi connectivity index (χ0v) is 9.44. The third-order valence-electron chi connectivity index (χ3n) is 1.42. The lowest BCUT2D eigenvalue weighted by Gasteiger charge is -2.04. The van der Waals surface area contributed by atoms with Crippen molar-refractivity contribution < 1.29 is 9.90 Å². The Balaban J connectivity index is 3.43. The van der Waals surface area contributed by atoms with Crippen molar-refractivity contribution in [3.8, 4) is 5.75 Å². The smallest absolute Gasteiger partial charge is 0.162 e. The number of hydrogen-bond donors (Lipinski definition) is 1. The standard InChI is InChI=1S/C8H6Br2O2/c1-4(11)7-5(9)2-3-6(12)8(7)10/h2-3,12H,1H3. The van der Waals surface area contributed by atoms with Gasteiger partial charge in [-0.15, -0.1) is 0 Å². The van der Waals surface area contributed by atoms with Gasteiger partial charge in [-0.1, -0.05) is 15.9 Å². The molecule has 0 saturated heterocycles. The molecule has 4 heteroatoms. The summed E-state index contributed by atoms with van der Waals surface area (Å²) in [6, 6.07) is 3.15. The quantitative estimate of drug-likeness (QED) is 0.808. The highest BCUT2D eigenvalue weighted by Crippen LogP contribution is 2.32. The van der Waals surface area contributed by atoms with Crippen molar-refractivity contribution in [3.05, 3.63) is 26.6 Å². The van der Waals surface area contributed by atoms with Gasteiger partial charge in [-0.3, -0.25) is 4.79 Å². The third kappa shape index (κ3) is 1.69. The van der Waals surface area contributed by atoms with Crippen molar-refractivity contribution in [1.82, 2.24) is 0 Å². The highest BCUT2D eigenvalue weighted by Gasteiger charge is 2.12. The van der Waals surface area contributed by atoms with Gasteiger partial charge in [0.1, 0.15) is 5.75 Å². The van der Waals surface area contributed by atoms with Crippen molar-refractivity contribution in [3.63, 3.8) is 0 Å². The van der Waals surface area contributed by atoms with Crippen LogP contribution in [0.1, 0.15) is 17.3 Å². The van der Waals surface area contributed by atoms with Gasteiger partial charge in [0.05, 0.1) is 4.47 Å². The normalized spacial score (nSPS) is 9.92. The predicted octanol–water partition coefficient (Wildman–Crippen LogP) is 3.12. The fraction of sp³-hybridized carbons (Fsp3) is 0.125. The van der Waals surface area contributed by atoms with E-state index in [1.807, 2.05) is 0 Å². The summed E-state index contributed by atoms with van der Waals surface area (Å²) in [5.74, 6) is -0.0203. The third-order valence-corrected chi connectivity index (χ3v) is 2.89. The molecule has 0 aromatic heterocycles. The number of ketones is 1. The zero-order chi connectivity index (χ0) is 9.30. The Labute approximate surface area is 86.9 Å². The van der Waals surface area contributed by atoms with Crippen LogP contribution in [-0.4, -0.2) is 10.9 Å². The summed E-state index contributed by atoms with van der Waals surface area (Å²) in [7, 11) is 0. The molecule has 1 N–H and O–H groups in total. The lowest BCUT2D eigenvalue weighted by atomic mass is 10.1. The molecular weight excluding hydrogens is 288 g/mol. The summed E-state index contributed by atoms with van der Waals surface area (Å²) in [5.41, 5.74) is 0.468. The number of benzene rings is 1. The number of aromatic hydroxyl groups is 1. The molecule has 0 heterocycles. The van der Waals surface area contributed by atoms with Crippen LogP contribution in [0.15, 0.2) is 21.1 Å². The molecule has 0 aliphatic heterocycles. The Bertz CT molecular complexity index is 334. The van der Waals surface area contributed by atoms with Gasteiger partial charge >= 0.3 is 0 Å². The molecule has 12 heavy (non-hydrogen) atoms. The maximum atomic E-state index is 11.1. The minimum Gasteiger partial charge on any atom is -0.507 e. The van der Waals surface area contributed by atoms with Crippen LogP contribution >= 0.6 is 31.9 Å². The van der Waals surface area contributed by atoms with E-state index in [0.717, 1.165) is 0 Å². The number of hydrogen-bond acceptors (Lipinski definition) is 2. The van der Waals surface area contributed by atoms with Crippen molar-refractivity contribution in [2.45, 2.75) is 6.92 Å². The monoisotopic (exact) mass is 292 g/mol. The first-order valence-electron chi connectivity index (χ1n) is 3.22. The maximum Gasteiger partial charge on any atom is 0.162 e. The molecular formula is C8H6Br2O2. The van der Waals surface area contributed by atoms with Gasteiger partial charge in [-0.25, -0.2) is 0 Å². The van der Waals surface area contributed by atoms with E-state index in [1.54, 1.807) is 6.07 Å². The first kappa shape index (κ1) is 9.74. The molecule has 0 spiro atoms. The molecule has 0 atom stereocenters. The minimum absolute atomic E-state index is 0.0726. The largest absolute Gasteiger partial charge is 0.507 e. The zero-order valence-electron chi connectivity index (χ0n) is 6.27. The summed E-state index contributed by atoms with van der Waals surface area (Å²) >= 11 is 6.35. The maximum absolute atomic E-state index is 11.1. The molecule has 1 aromatic carbocycles. The van der Waals surface area contributed by atoms with Crippen LogP contribution in [0.2, 0.25) is 0 Å². The van der Waals surface area contributed by atoms with Crippen LogP contribution < -0.4 is 0 Å². The molecule has 0 radical (unpaired) electrons. The Morgan fingerprint density at radius 1 is 1.42 bits per heavy atom. The van der Waals surface area contributed by atoms with Gasteiger partial charge in [0.15, 0.2) is 5.78 Å². The van der Waals surface area contributed by atoms with E-state index >= 15 is 0 Å². The second-order valence-electron chi connectivity index (χ2n) is 2.31. The van der Waals surface area contributed by atoms with Gasteiger partial charge in [-0.05, 0) is 35.0 Å². The first-order valence-corrected chi connectivity index (χ1v) is 4.80. The van der Waals surface area contributed by atoms with Crippen molar-refractivity contribution in [2.24, 2.45) is 0 Å². The summed E-state index contributed by atoms with van der Waals surface area (Å²) in [6.07, 6.45) is 0. The van der Waals surface area contributed by atoms with E-state index in [2.05, 4.69) is 31.9 Å². The van der Waals surface area contributed by atoms with Crippen LogP contribution in [0.3, 0.4) is 0 Å². The fourth-order valence-electron chi connectivity index (χ4n) is 0.864. The first-order chi connectivity index (χ1) is 5.54. The highest BCUT2D eigenvalue weighted by atomic mass is 79.9. The molecule has 0 aliphatic carbocycles. The Hall–Kier alpha value is -0.350. The Kier molecular flexibility index (Phi) is 2.90. The molecule has 1 aromatic rings. The second kappa shape index (κ2) is 3.58. The van der Waals surface area contributed by atoms with E-state index < -0.39 is 0 Å². The average Bonchev–Trinajstić information content (AvgIpc) is 1.97. The van der Waals surface area contributed by atoms with Crippen LogP contribution in [0.4, 0.5) is 0 Å². The summed E-state index contributed by atoms with van der Waals surface area (Å²) < 4.78 is 1.11. The van der Waals surface area contributed by atoms with Gasteiger partial charge < -0.3 is 5.11 Å². The van der Waals surface area contributed by atoms with Gasteiger partial charge in [0.2, 0.25) is 0 Å². The summed E-state index contributed by atoms with van der Waals surface area (Å²) in [6.45, 7) is 1.45.